The lowest BCUT2D eigenvalue weighted by Crippen LogP contribution is -2.42. The molecule has 0 saturated heterocycles. The number of β-amino-alcohol motifs (C(OH)–C–C–N with tert-alkyl or cyclic N) is 1. The molecule has 4 atom stereocenters. The molecule has 2 fully saturated rings. The van der Waals surface area contributed by atoms with Gasteiger partial charge in [-0.25, -0.2) is 15.0 Å². The molecule has 212 valence electrons. The first-order valence-electron chi connectivity index (χ1n) is 14.4. The molecule has 0 unspecified atom stereocenters. The van der Waals surface area contributed by atoms with E-state index in [0.717, 1.165) is 48.5 Å². The number of hydrogen-bond acceptors (Lipinski definition) is 9. The average Bonchev–Trinajstić information content (AvgIpc) is 3.53. The van der Waals surface area contributed by atoms with Crippen LogP contribution in [-0.2, 0) is 19.6 Å². The van der Waals surface area contributed by atoms with Crippen LogP contribution >= 0.6 is 0 Å². The van der Waals surface area contributed by atoms with Crippen LogP contribution in [0.15, 0.2) is 41.4 Å². The van der Waals surface area contributed by atoms with E-state index in [2.05, 4.69) is 42.6 Å². The summed E-state index contributed by atoms with van der Waals surface area (Å²) in [6.07, 6.45) is 9.44. The summed E-state index contributed by atoms with van der Waals surface area (Å²) in [5.74, 6) is 3.57. The number of fused-ring (bicyclic) bond motifs is 3. The monoisotopic (exact) mass is 546 g/mol. The first-order valence-corrected chi connectivity index (χ1v) is 14.4. The number of carbonyl (C=O) groups excluding carboxylic acids is 1. The second-order valence-electron chi connectivity index (χ2n) is 11.6. The number of rotatable bonds is 10. The second-order valence-corrected chi connectivity index (χ2v) is 11.6. The smallest absolute Gasteiger partial charge is 0.270 e. The Morgan fingerprint density at radius 2 is 2.00 bits per heavy atom. The summed E-state index contributed by atoms with van der Waals surface area (Å²) in [6, 6.07) is 8.25. The number of amides is 1. The van der Waals surface area contributed by atoms with Gasteiger partial charge in [0.25, 0.3) is 5.91 Å². The van der Waals surface area contributed by atoms with Gasteiger partial charge in [0, 0.05) is 38.3 Å². The minimum Gasteiger partial charge on any atom is -0.486 e. The number of benzene rings is 1. The van der Waals surface area contributed by atoms with Gasteiger partial charge >= 0.3 is 0 Å². The molecule has 2 bridgehead atoms. The summed E-state index contributed by atoms with van der Waals surface area (Å²) in [7, 11) is 0. The third kappa shape index (κ3) is 6.45. The summed E-state index contributed by atoms with van der Waals surface area (Å²) >= 11 is 0. The Bertz CT molecular complexity index is 1320. The van der Waals surface area contributed by atoms with Gasteiger partial charge in [-0.3, -0.25) is 9.69 Å². The van der Waals surface area contributed by atoms with E-state index in [-0.39, 0.29) is 12.5 Å². The predicted molar refractivity (Wildman–Crippen MR) is 149 cm³/mol. The summed E-state index contributed by atoms with van der Waals surface area (Å²) in [4.78, 5) is 27.6. The molecule has 1 amide bonds. The van der Waals surface area contributed by atoms with Gasteiger partial charge in [-0.2, -0.15) is 0 Å². The maximum absolute atomic E-state index is 12.8. The Morgan fingerprint density at radius 3 is 2.80 bits per heavy atom. The number of oxazole rings is 1. The minimum atomic E-state index is -0.685. The van der Waals surface area contributed by atoms with Gasteiger partial charge in [0.05, 0.1) is 11.8 Å². The fourth-order valence-electron chi connectivity index (χ4n) is 6.51. The highest BCUT2D eigenvalue weighted by Gasteiger charge is 2.34. The molecule has 10 heteroatoms. The summed E-state index contributed by atoms with van der Waals surface area (Å²) in [5, 5.41) is 17.0. The van der Waals surface area contributed by atoms with Crippen LogP contribution in [0.5, 0.6) is 5.75 Å². The number of aromatic nitrogens is 3. The second kappa shape index (κ2) is 11.9. The number of aliphatic hydroxyl groups excluding tert-OH is 1. The van der Waals surface area contributed by atoms with Crippen LogP contribution < -0.4 is 15.4 Å². The maximum Gasteiger partial charge on any atom is 0.270 e. The molecule has 0 radical (unpaired) electrons. The highest BCUT2D eigenvalue weighted by atomic mass is 16.5. The zero-order chi connectivity index (χ0) is 27.5. The number of aliphatic hydroxyl groups is 1. The quantitative estimate of drug-likeness (QED) is 0.350. The van der Waals surface area contributed by atoms with E-state index in [1.807, 2.05) is 13.0 Å². The van der Waals surface area contributed by atoms with Gasteiger partial charge < -0.3 is 24.9 Å². The van der Waals surface area contributed by atoms with Gasteiger partial charge in [-0.05, 0) is 67.7 Å². The Kier molecular flexibility index (Phi) is 7.97. The number of anilines is 1. The Balaban J connectivity index is 0.953. The largest absolute Gasteiger partial charge is 0.486 e. The molecule has 3 aliphatic rings. The first-order chi connectivity index (χ1) is 19.5. The van der Waals surface area contributed by atoms with Crippen LogP contribution in [0.3, 0.4) is 0 Å². The molecular weight excluding hydrogens is 508 g/mol. The molecule has 3 heterocycles. The zero-order valence-corrected chi connectivity index (χ0v) is 23.0. The van der Waals surface area contributed by atoms with Gasteiger partial charge in [0.1, 0.15) is 30.2 Å². The van der Waals surface area contributed by atoms with Crippen molar-refractivity contribution in [3.63, 3.8) is 0 Å². The SMILES string of the molecule is Cc1ncoc1COc1ccc2c(c1)CCN(C[C@@H](O)CNC(=O)c1cc(N[C@@H]3C[C@@H]4CC[C@@H](C4)C3)ncn1)C2. The van der Waals surface area contributed by atoms with Crippen molar-refractivity contribution in [2.75, 3.05) is 25.0 Å². The number of nitrogens with zero attached hydrogens (tertiary/aromatic N) is 4. The summed E-state index contributed by atoms with van der Waals surface area (Å²) in [5.41, 5.74) is 3.62. The summed E-state index contributed by atoms with van der Waals surface area (Å²) in [6.45, 7) is 4.45. The molecular formula is C30H38N6O4. The highest BCUT2D eigenvalue weighted by molar-refractivity contribution is 5.92. The molecule has 10 nitrogen and oxygen atoms in total. The van der Waals surface area contributed by atoms with Gasteiger partial charge in [-0.1, -0.05) is 18.9 Å². The molecule has 2 aromatic heterocycles. The van der Waals surface area contributed by atoms with E-state index >= 15 is 0 Å². The Morgan fingerprint density at radius 1 is 1.15 bits per heavy atom. The number of aryl methyl sites for hydroxylation is 1. The van der Waals surface area contributed by atoms with Crippen molar-refractivity contribution >= 4 is 11.7 Å². The molecule has 0 spiro atoms. The lowest BCUT2D eigenvalue weighted by Gasteiger charge is -2.30. The Hall–Kier alpha value is -3.50. The van der Waals surface area contributed by atoms with E-state index < -0.39 is 6.10 Å². The third-order valence-corrected chi connectivity index (χ3v) is 8.59. The van der Waals surface area contributed by atoms with Crippen LogP contribution in [-0.4, -0.2) is 62.6 Å². The van der Waals surface area contributed by atoms with Gasteiger partial charge in [0.2, 0.25) is 0 Å². The topological polar surface area (TPSA) is 126 Å². The molecule has 3 N–H and O–H groups in total. The molecule has 40 heavy (non-hydrogen) atoms. The first kappa shape index (κ1) is 26.7. The average molecular weight is 547 g/mol. The number of ether oxygens (including phenoxy) is 1. The van der Waals surface area contributed by atoms with Crippen LogP contribution in [0.4, 0.5) is 5.82 Å². The van der Waals surface area contributed by atoms with Crippen LogP contribution in [0.1, 0.15) is 65.2 Å². The Labute approximate surface area is 234 Å². The van der Waals surface area contributed by atoms with Crippen molar-refractivity contribution in [2.24, 2.45) is 11.8 Å². The number of nitrogens with one attached hydrogen (secondary N) is 2. The number of carbonyl (C=O) groups is 1. The lowest BCUT2D eigenvalue weighted by atomic mass is 9.85. The van der Waals surface area contributed by atoms with Crippen molar-refractivity contribution in [1.82, 2.24) is 25.2 Å². The van der Waals surface area contributed by atoms with E-state index in [0.29, 0.717) is 30.7 Å². The fraction of sp³-hybridized carbons (Fsp3) is 0.533. The van der Waals surface area contributed by atoms with Crippen LogP contribution in [0.25, 0.3) is 0 Å². The zero-order valence-electron chi connectivity index (χ0n) is 23.0. The highest BCUT2D eigenvalue weighted by Crippen LogP contribution is 2.42. The van der Waals surface area contributed by atoms with E-state index in [4.69, 9.17) is 9.15 Å². The fourth-order valence-corrected chi connectivity index (χ4v) is 6.51. The van der Waals surface area contributed by atoms with Gasteiger partial charge in [0.15, 0.2) is 12.2 Å². The molecule has 1 aromatic carbocycles. The molecule has 2 aliphatic carbocycles. The minimum absolute atomic E-state index is 0.161. The van der Waals surface area contributed by atoms with Crippen molar-refractivity contribution < 1.29 is 19.1 Å². The molecule has 3 aromatic rings. The van der Waals surface area contributed by atoms with Crippen molar-refractivity contribution in [1.29, 1.82) is 0 Å². The molecule has 6 rings (SSSR count). The molecule has 2 saturated carbocycles. The maximum atomic E-state index is 12.8. The van der Waals surface area contributed by atoms with Crippen molar-refractivity contribution in [2.45, 2.75) is 70.7 Å². The standard InChI is InChI=1S/C30H38N6O4/c1-19-28(40-18-34-19)16-39-26-5-4-23-14-36(7-6-22(23)11-26)15-25(37)13-31-30(38)27-12-29(33-17-32-27)35-24-9-20-2-3-21(8-20)10-24/h4-5,11-12,17-18,20-21,24-25,37H,2-3,6-10,13-16H2,1H3,(H,31,38)(H,32,33,35)/t20-,21+,24-,25-/m0/s1. The molecule has 1 aliphatic heterocycles. The summed E-state index contributed by atoms with van der Waals surface area (Å²) < 4.78 is 11.2. The van der Waals surface area contributed by atoms with Crippen molar-refractivity contribution in [3.05, 3.63) is 65.3 Å². The van der Waals surface area contributed by atoms with Crippen LogP contribution in [0, 0.1) is 18.8 Å². The van der Waals surface area contributed by atoms with E-state index in [1.54, 1.807) is 6.07 Å². The predicted octanol–water partition coefficient (Wildman–Crippen LogP) is 3.49. The van der Waals surface area contributed by atoms with Gasteiger partial charge in [-0.15, -0.1) is 0 Å². The lowest BCUT2D eigenvalue weighted by molar-refractivity contribution is 0.0838. The third-order valence-electron chi connectivity index (χ3n) is 8.59. The number of hydrogen-bond donors (Lipinski definition) is 3. The van der Waals surface area contributed by atoms with E-state index in [1.165, 1.54) is 56.0 Å². The van der Waals surface area contributed by atoms with Crippen LogP contribution in [0.2, 0.25) is 0 Å². The van der Waals surface area contributed by atoms with Crippen molar-refractivity contribution in [3.8, 4) is 5.75 Å². The normalized spacial score (nSPS) is 22.9. The van der Waals surface area contributed by atoms with E-state index in [9.17, 15) is 9.90 Å².